The lowest BCUT2D eigenvalue weighted by Gasteiger charge is -2.24. The Kier molecular flexibility index (Phi) is 3.73. The van der Waals surface area contributed by atoms with Crippen LogP contribution in [0.15, 0.2) is 17.3 Å². The lowest BCUT2D eigenvalue weighted by atomic mass is 10.1. The number of carboxylic acid groups (broad SMARTS) is 1. The van der Waals surface area contributed by atoms with Gasteiger partial charge in [0, 0.05) is 5.54 Å². The molecule has 4 nitrogen and oxygen atoms in total. The molecule has 0 spiro atoms. The van der Waals surface area contributed by atoms with Gasteiger partial charge in [0.15, 0.2) is 16.8 Å². The molecule has 0 aliphatic heterocycles. The van der Waals surface area contributed by atoms with E-state index in [4.69, 9.17) is 5.11 Å². The lowest BCUT2D eigenvalue weighted by Crippen LogP contribution is -2.23. The molecule has 2 rings (SSSR count). The van der Waals surface area contributed by atoms with Crippen molar-refractivity contribution < 1.29 is 18.7 Å². The Balaban J connectivity index is 2.69. The average molecular weight is 300 g/mol. The fraction of sp³-hybridized carbons (Fsp3) is 0.385. The van der Waals surface area contributed by atoms with Crippen LogP contribution >= 0.6 is 11.8 Å². The number of hydrogen-bond donors (Lipinski definition) is 1. The van der Waals surface area contributed by atoms with E-state index < -0.39 is 23.1 Å². The van der Waals surface area contributed by atoms with Crippen LogP contribution in [0.5, 0.6) is 0 Å². The predicted molar refractivity (Wildman–Crippen MR) is 73.0 cm³/mol. The first kappa shape index (κ1) is 14.8. The Hall–Kier alpha value is -1.63. The first-order valence-electron chi connectivity index (χ1n) is 5.93. The van der Waals surface area contributed by atoms with Gasteiger partial charge in [0.2, 0.25) is 0 Å². The van der Waals surface area contributed by atoms with Crippen molar-refractivity contribution in [2.24, 2.45) is 0 Å². The second-order valence-electron chi connectivity index (χ2n) is 5.31. The van der Waals surface area contributed by atoms with Gasteiger partial charge in [-0.05, 0) is 32.9 Å². The van der Waals surface area contributed by atoms with Gasteiger partial charge in [0.25, 0.3) is 0 Å². The van der Waals surface area contributed by atoms with Crippen molar-refractivity contribution >= 4 is 28.8 Å². The number of halogens is 2. The van der Waals surface area contributed by atoms with Crippen LogP contribution in [-0.4, -0.2) is 26.4 Å². The molecule has 0 atom stereocenters. The summed E-state index contributed by atoms with van der Waals surface area (Å²) in [5, 5.41) is 9.11. The number of carboxylic acids is 1. The van der Waals surface area contributed by atoms with Crippen molar-refractivity contribution in [2.45, 2.75) is 31.5 Å². The SMILES string of the molecule is CC(C)(C)n1c(SCC(=O)O)nc2ccc(F)c(F)c21. The Labute approximate surface area is 118 Å². The van der Waals surface area contributed by atoms with Crippen LogP contribution in [0.25, 0.3) is 11.0 Å². The van der Waals surface area contributed by atoms with Gasteiger partial charge < -0.3 is 9.67 Å². The second-order valence-corrected chi connectivity index (χ2v) is 6.25. The minimum absolute atomic E-state index is 0.0605. The Morgan fingerprint density at radius 1 is 1.40 bits per heavy atom. The summed E-state index contributed by atoms with van der Waals surface area (Å²) in [5.41, 5.74) is -0.179. The molecular weight excluding hydrogens is 286 g/mol. The quantitative estimate of drug-likeness (QED) is 0.884. The third-order valence-electron chi connectivity index (χ3n) is 2.67. The highest BCUT2D eigenvalue weighted by Gasteiger charge is 2.25. The maximum absolute atomic E-state index is 14.0. The van der Waals surface area contributed by atoms with Gasteiger partial charge in [0.1, 0.15) is 5.52 Å². The molecule has 0 bridgehead atoms. The number of aromatic nitrogens is 2. The number of carbonyl (C=O) groups is 1. The first-order valence-corrected chi connectivity index (χ1v) is 6.92. The Morgan fingerprint density at radius 3 is 2.60 bits per heavy atom. The molecular formula is C13H14F2N2O2S. The third-order valence-corrected chi connectivity index (χ3v) is 3.60. The standard InChI is InChI=1S/C13H14F2N2O2S/c1-13(2,3)17-11-8(5-4-7(14)10(11)15)16-12(17)20-6-9(18)19/h4-5H,6H2,1-3H3,(H,18,19). The van der Waals surface area contributed by atoms with E-state index >= 15 is 0 Å². The zero-order valence-electron chi connectivity index (χ0n) is 11.3. The smallest absolute Gasteiger partial charge is 0.313 e. The summed E-state index contributed by atoms with van der Waals surface area (Å²) >= 11 is 0.986. The molecule has 1 aromatic carbocycles. The van der Waals surface area contributed by atoms with Crippen molar-refractivity contribution in [1.82, 2.24) is 9.55 Å². The van der Waals surface area contributed by atoms with Gasteiger partial charge in [-0.2, -0.15) is 0 Å². The monoisotopic (exact) mass is 300 g/mol. The van der Waals surface area contributed by atoms with Gasteiger partial charge in [-0.1, -0.05) is 11.8 Å². The van der Waals surface area contributed by atoms with Gasteiger partial charge in [-0.25, -0.2) is 13.8 Å². The Morgan fingerprint density at radius 2 is 2.05 bits per heavy atom. The van der Waals surface area contributed by atoms with Gasteiger partial charge in [-0.15, -0.1) is 0 Å². The largest absolute Gasteiger partial charge is 0.481 e. The van der Waals surface area contributed by atoms with Crippen molar-refractivity contribution in [1.29, 1.82) is 0 Å². The van der Waals surface area contributed by atoms with Crippen LogP contribution in [0.3, 0.4) is 0 Å². The van der Waals surface area contributed by atoms with E-state index in [2.05, 4.69) is 4.98 Å². The fourth-order valence-electron chi connectivity index (χ4n) is 1.93. The summed E-state index contributed by atoms with van der Waals surface area (Å²) in [4.78, 5) is 14.9. The number of thioether (sulfide) groups is 1. The van der Waals surface area contributed by atoms with Crippen LogP contribution in [0, 0.1) is 11.6 Å². The number of benzene rings is 1. The maximum Gasteiger partial charge on any atom is 0.313 e. The highest BCUT2D eigenvalue weighted by molar-refractivity contribution is 7.99. The van der Waals surface area contributed by atoms with Crippen LogP contribution in [0.2, 0.25) is 0 Å². The van der Waals surface area contributed by atoms with Crippen molar-refractivity contribution in [3.8, 4) is 0 Å². The van der Waals surface area contributed by atoms with E-state index in [1.807, 2.05) is 20.8 Å². The van der Waals surface area contributed by atoms with Crippen LogP contribution in [-0.2, 0) is 10.3 Å². The zero-order valence-corrected chi connectivity index (χ0v) is 12.1. The van der Waals surface area contributed by atoms with E-state index in [1.54, 1.807) is 0 Å². The summed E-state index contributed by atoms with van der Waals surface area (Å²) in [6, 6.07) is 2.41. The molecule has 0 amide bonds. The summed E-state index contributed by atoms with van der Waals surface area (Å²) in [6.45, 7) is 5.47. The van der Waals surface area contributed by atoms with Gasteiger partial charge >= 0.3 is 5.97 Å². The molecule has 1 N–H and O–H groups in total. The highest BCUT2D eigenvalue weighted by Crippen LogP contribution is 2.32. The van der Waals surface area contributed by atoms with E-state index in [0.29, 0.717) is 10.7 Å². The van der Waals surface area contributed by atoms with E-state index in [0.717, 1.165) is 17.8 Å². The molecule has 0 aliphatic carbocycles. The fourth-order valence-corrected chi connectivity index (χ4v) is 2.84. The first-order chi connectivity index (χ1) is 9.21. The molecule has 7 heteroatoms. The lowest BCUT2D eigenvalue weighted by molar-refractivity contribution is -0.133. The summed E-state index contributed by atoms with van der Waals surface area (Å²) in [6.07, 6.45) is 0. The molecule has 0 fully saturated rings. The molecule has 0 saturated carbocycles. The highest BCUT2D eigenvalue weighted by atomic mass is 32.2. The van der Waals surface area contributed by atoms with Crippen LogP contribution in [0.4, 0.5) is 8.78 Å². The molecule has 0 aliphatic rings. The minimum atomic E-state index is -0.992. The topological polar surface area (TPSA) is 55.1 Å². The van der Waals surface area contributed by atoms with Crippen molar-refractivity contribution in [2.75, 3.05) is 5.75 Å². The second kappa shape index (κ2) is 5.05. The molecule has 20 heavy (non-hydrogen) atoms. The maximum atomic E-state index is 14.0. The van der Waals surface area contributed by atoms with Crippen LogP contribution < -0.4 is 0 Å². The number of aliphatic carboxylic acids is 1. The normalized spacial score (nSPS) is 12.1. The molecule has 0 radical (unpaired) electrons. The summed E-state index contributed by atoms with van der Waals surface area (Å²) < 4.78 is 29.0. The number of hydrogen-bond acceptors (Lipinski definition) is 3. The minimum Gasteiger partial charge on any atom is -0.481 e. The summed E-state index contributed by atoms with van der Waals surface area (Å²) in [7, 11) is 0. The summed E-state index contributed by atoms with van der Waals surface area (Å²) in [5.74, 6) is -3.09. The molecule has 108 valence electrons. The zero-order chi connectivity index (χ0) is 15.1. The van der Waals surface area contributed by atoms with Crippen molar-refractivity contribution in [3.05, 3.63) is 23.8 Å². The van der Waals surface area contributed by atoms with E-state index in [9.17, 15) is 13.6 Å². The number of rotatable bonds is 3. The number of imidazole rings is 1. The third kappa shape index (κ3) is 2.63. The van der Waals surface area contributed by atoms with Crippen molar-refractivity contribution in [3.63, 3.8) is 0 Å². The van der Waals surface area contributed by atoms with Crippen LogP contribution in [0.1, 0.15) is 20.8 Å². The molecule has 1 heterocycles. The Bertz CT molecular complexity index is 677. The molecule has 1 aromatic heterocycles. The average Bonchev–Trinajstić information content (AvgIpc) is 2.70. The van der Waals surface area contributed by atoms with Gasteiger partial charge in [0.05, 0.1) is 11.3 Å². The molecule has 2 aromatic rings. The molecule has 0 saturated heterocycles. The molecule has 0 unspecified atom stereocenters. The van der Waals surface area contributed by atoms with E-state index in [1.165, 1.54) is 10.6 Å². The number of fused-ring (bicyclic) bond motifs is 1. The van der Waals surface area contributed by atoms with E-state index in [-0.39, 0.29) is 11.3 Å². The van der Waals surface area contributed by atoms with Gasteiger partial charge in [-0.3, -0.25) is 4.79 Å². The number of nitrogens with zero attached hydrogens (tertiary/aromatic N) is 2. The predicted octanol–water partition coefficient (Wildman–Crippen LogP) is 3.25.